The molecule has 0 atom stereocenters. The van der Waals surface area contributed by atoms with Crippen molar-refractivity contribution in [2.75, 3.05) is 0 Å². The summed E-state index contributed by atoms with van der Waals surface area (Å²) in [5.74, 6) is 0. The summed E-state index contributed by atoms with van der Waals surface area (Å²) in [4.78, 5) is 0. The topological polar surface area (TPSA) is 26.0 Å². The van der Waals surface area contributed by atoms with Crippen molar-refractivity contribution in [1.82, 2.24) is 0 Å². The van der Waals surface area contributed by atoms with Crippen LogP contribution in [-0.2, 0) is 0 Å². The van der Waals surface area contributed by atoms with Gasteiger partial charge in [0.15, 0.2) is 0 Å². The van der Waals surface area contributed by atoms with Crippen LogP contribution in [0.25, 0.3) is 0 Å². The van der Waals surface area contributed by atoms with E-state index < -0.39 is 0 Å². The van der Waals surface area contributed by atoms with Crippen LogP contribution in [0.15, 0.2) is 35.6 Å². The number of rotatable bonds is 0. The largest absolute Gasteiger partial charge is 0.399 e. The van der Waals surface area contributed by atoms with Crippen LogP contribution in [0.4, 0.5) is 0 Å². The maximum Gasteiger partial charge on any atom is 0.0276 e. The third-order valence-corrected chi connectivity index (χ3v) is 1.33. The van der Waals surface area contributed by atoms with Gasteiger partial charge in [-0.15, -0.1) is 0 Å². The summed E-state index contributed by atoms with van der Waals surface area (Å²) in [7, 11) is 0. The van der Waals surface area contributed by atoms with E-state index in [0.29, 0.717) is 0 Å². The van der Waals surface area contributed by atoms with E-state index in [0.717, 1.165) is 12.1 Å². The summed E-state index contributed by atoms with van der Waals surface area (Å²) in [6.07, 6.45) is 9.08. The fourth-order valence-corrected chi connectivity index (χ4v) is 0.745. The molecule has 0 spiro atoms. The first-order chi connectivity index (χ1) is 4.29. The zero-order valence-electron chi connectivity index (χ0n) is 5.59. The molecule has 0 heterocycles. The Labute approximate surface area is 57.0 Å². The van der Waals surface area contributed by atoms with Crippen molar-refractivity contribution in [3.05, 3.63) is 35.6 Å². The smallest absolute Gasteiger partial charge is 0.0276 e. The Kier molecular flexibility index (Phi) is 1.73. The lowest BCUT2D eigenvalue weighted by molar-refractivity contribution is 1.30. The van der Waals surface area contributed by atoms with Gasteiger partial charge in [-0.05, 0) is 19.4 Å². The van der Waals surface area contributed by atoms with Crippen LogP contribution in [-0.4, -0.2) is 0 Å². The number of hydrogen-bond donors (Lipinski definition) is 1. The van der Waals surface area contributed by atoms with Crippen LogP contribution >= 0.6 is 0 Å². The van der Waals surface area contributed by atoms with E-state index >= 15 is 0 Å². The highest BCUT2D eigenvalue weighted by molar-refractivity contribution is 5.28. The van der Waals surface area contributed by atoms with Crippen LogP contribution < -0.4 is 5.73 Å². The predicted octanol–water partition coefficient (Wildman–Crippen LogP) is 1.98. The molecule has 0 bridgehead atoms. The molecule has 1 nitrogen and oxygen atoms in total. The Balaban J connectivity index is 0.000000810. The lowest BCUT2D eigenvalue weighted by Gasteiger charge is -1.84. The highest BCUT2D eigenvalue weighted by Gasteiger charge is 1.87. The summed E-state index contributed by atoms with van der Waals surface area (Å²) in [5, 5.41) is 0. The zero-order valence-corrected chi connectivity index (χ0v) is 5.59. The van der Waals surface area contributed by atoms with Gasteiger partial charge in [0.1, 0.15) is 0 Å². The molecule has 0 saturated heterocycles. The average Bonchev–Trinajstić information content (AvgIpc) is 1.97. The van der Waals surface area contributed by atoms with Gasteiger partial charge in [0, 0.05) is 7.12 Å². The first-order valence-electron chi connectivity index (χ1n) is 3.09. The van der Waals surface area contributed by atoms with Crippen molar-refractivity contribution in [2.24, 2.45) is 5.73 Å². The maximum atomic E-state index is 5.54. The molecule has 0 aromatic carbocycles. The maximum absolute atomic E-state index is 5.54. The van der Waals surface area contributed by atoms with Crippen LogP contribution in [0.1, 0.15) is 14.8 Å². The lowest BCUT2D eigenvalue weighted by atomic mass is 10.2. The minimum Gasteiger partial charge on any atom is -0.399 e. The van der Waals surface area contributed by atoms with Crippen LogP contribution in [0, 0.1) is 0 Å². The Morgan fingerprint density at radius 3 is 3.00 bits per heavy atom. The SMILES string of the molecule is CC1=CCC=C(N)C=C1.[HH]. The molecule has 0 fully saturated rings. The van der Waals surface area contributed by atoms with Crippen molar-refractivity contribution < 1.29 is 1.43 Å². The summed E-state index contributed by atoms with van der Waals surface area (Å²) in [6, 6.07) is 0. The first kappa shape index (κ1) is 6.14. The van der Waals surface area contributed by atoms with Crippen LogP contribution in [0.3, 0.4) is 0 Å². The Morgan fingerprint density at radius 2 is 2.22 bits per heavy atom. The molecule has 1 heteroatoms. The molecular formula is C8H13N. The van der Waals surface area contributed by atoms with E-state index in [2.05, 4.69) is 13.0 Å². The molecular weight excluding hydrogens is 110 g/mol. The molecule has 0 amide bonds. The monoisotopic (exact) mass is 123 g/mol. The van der Waals surface area contributed by atoms with Gasteiger partial charge in [-0.3, -0.25) is 0 Å². The Morgan fingerprint density at radius 1 is 1.44 bits per heavy atom. The van der Waals surface area contributed by atoms with Crippen molar-refractivity contribution in [1.29, 1.82) is 0 Å². The highest BCUT2D eigenvalue weighted by atomic mass is 14.5. The zero-order chi connectivity index (χ0) is 6.69. The minimum absolute atomic E-state index is 0. The molecule has 50 valence electrons. The van der Waals surface area contributed by atoms with Gasteiger partial charge in [-0.1, -0.05) is 23.8 Å². The fraction of sp³-hybridized carbons (Fsp3) is 0.250. The van der Waals surface area contributed by atoms with Gasteiger partial charge in [-0.2, -0.15) is 0 Å². The minimum atomic E-state index is 0. The second-order valence-electron chi connectivity index (χ2n) is 2.22. The Hall–Kier alpha value is -0.980. The van der Waals surface area contributed by atoms with E-state index in [1.165, 1.54) is 5.57 Å². The van der Waals surface area contributed by atoms with Crippen molar-refractivity contribution in [2.45, 2.75) is 13.3 Å². The molecule has 0 saturated carbocycles. The Bertz CT molecular complexity index is 169. The molecule has 0 radical (unpaired) electrons. The van der Waals surface area contributed by atoms with E-state index in [1.54, 1.807) is 0 Å². The molecule has 0 aromatic rings. The van der Waals surface area contributed by atoms with Crippen molar-refractivity contribution in [3.63, 3.8) is 0 Å². The van der Waals surface area contributed by atoms with E-state index in [1.807, 2.05) is 18.2 Å². The van der Waals surface area contributed by atoms with Crippen molar-refractivity contribution >= 4 is 0 Å². The van der Waals surface area contributed by atoms with Crippen LogP contribution in [0.5, 0.6) is 0 Å². The van der Waals surface area contributed by atoms with Gasteiger partial charge in [0.2, 0.25) is 0 Å². The predicted molar refractivity (Wildman–Crippen MR) is 41.9 cm³/mol. The van der Waals surface area contributed by atoms with Gasteiger partial charge in [0.05, 0.1) is 0 Å². The van der Waals surface area contributed by atoms with E-state index in [4.69, 9.17) is 5.73 Å². The number of allylic oxidation sites excluding steroid dienone is 5. The number of nitrogens with two attached hydrogens (primary N) is 1. The average molecular weight is 123 g/mol. The third kappa shape index (κ3) is 1.76. The van der Waals surface area contributed by atoms with Gasteiger partial charge < -0.3 is 5.73 Å². The van der Waals surface area contributed by atoms with E-state index in [-0.39, 0.29) is 1.43 Å². The molecule has 1 aliphatic rings. The molecule has 0 aliphatic heterocycles. The molecule has 1 rings (SSSR count). The van der Waals surface area contributed by atoms with Gasteiger partial charge in [-0.25, -0.2) is 0 Å². The lowest BCUT2D eigenvalue weighted by Crippen LogP contribution is -1.90. The third-order valence-electron chi connectivity index (χ3n) is 1.33. The molecule has 9 heavy (non-hydrogen) atoms. The number of hydrogen-bond acceptors (Lipinski definition) is 1. The van der Waals surface area contributed by atoms with Gasteiger partial charge >= 0.3 is 0 Å². The molecule has 1 aliphatic carbocycles. The molecule has 2 N–H and O–H groups in total. The second-order valence-corrected chi connectivity index (χ2v) is 2.22. The first-order valence-corrected chi connectivity index (χ1v) is 3.09. The van der Waals surface area contributed by atoms with Crippen LogP contribution in [0.2, 0.25) is 0 Å². The molecule has 0 aromatic heterocycles. The van der Waals surface area contributed by atoms with E-state index in [9.17, 15) is 0 Å². The highest BCUT2D eigenvalue weighted by Crippen LogP contribution is 2.05. The summed E-state index contributed by atoms with van der Waals surface area (Å²) in [5.41, 5.74) is 7.69. The standard InChI is InChI=1S/C8H11N.H2/c1-7-3-2-4-8(9)6-5-7;/h3-6H,2,9H2,1H3;1H. The van der Waals surface area contributed by atoms with Gasteiger partial charge in [0.25, 0.3) is 0 Å². The fourth-order valence-electron chi connectivity index (χ4n) is 0.745. The summed E-state index contributed by atoms with van der Waals surface area (Å²) >= 11 is 0. The summed E-state index contributed by atoms with van der Waals surface area (Å²) < 4.78 is 0. The van der Waals surface area contributed by atoms with Crippen molar-refractivity contribution in [3.8, 4) is 0 Å². The molecule has 0 unspecified atom stereocenters. The summed E-state index contributed by atoms with van der Waals surface area (Å²) in [6.45, 7) is 2.07. The normalized spacial score (nSPS) is 18.3. The quantitative estimate of drug-likeness (QED) is 0.523. The second kappa shape index (κ2) is 2.53.